The van der Waals surface area contributed by atoms with Gasteiger partial charge < -0.3 is 35.1 Å². The summed E-state index contributed by atoms with van der Waals surface area (Å²) in [7, 11) is 0. The molecule has 0 aromatic heterocycles. The Hall–Kier alpha value is -0.730. The maximum Gasteiger partial charge on any atom is 0.209 e. The third-order valence-electron chi connectivity index (χ3n) is 2.56. The zero-order valence-electron chi connectivity index (χ0n) is 8.74. The molecule has 94 valence electrons. The predicted molar refractivity (Wildman–Crippen MR) is 47.8 cm³/mol. The third-order valence-corrected chi connectivity index (χ3v) is 2.56. The van der Waals surface area contributed by atoms with Crippen molar-refractivity contribution in [3.05, 3.63) is 0 Å². The maximum atomic E-state index is 10.6. The summed E-state index contributed by atoms with van der Waals surface area (Å²) in [6.45, 7) is 1.28. The van der Waals surface area contributed by atoms with E-state index in [1.54, 1.807) is 0 Å². The first-order chi connectivity index (χ1) is 7.26. The topological polar surface area (TPSA) is 130 Å². The van der Waals surface area contributed by atoms with Crippen LogP contribution >= 0.6 is 0 Å². The molecule has 5 atom stereocenters. The molecule has 1 fully saturated rings. The Kier molecular flexibility index (Phi) is 3.87. The first kappa shape index (κ1) is 13.3. The number of aliphatic hydroxyl groups excluding tert-OH is 3. The number of carbonyl (C=O) groups excluding carboxylic acids is 1. The summed E-state index contributed by atoms with van der Waals surface area (Å²) in [5.74, 6) is -4.51. The van der Waals surface area contributed by atoms with E-state index >= 15 is 0 Å². The van der Waals surface area contributed by atoms with E-state index in [0.717, 1.165) is 0 Å². The number of carbonyl (C=O) groups is 1. The molecule has 1 rings (SSSR count). The third kappa shape index (κ3) is 2.69. The summed E-state index contributed by atoms with van der Waals surface area (Å²) in [6.07, 6.45) is -5.45. The molecule has 0 saturated carbocycles. The Morgan fingerprint density at radius 2 is 2.12 bits per heavy atom. The normalized spacial score (nSPS) is 39.1. The first-order valence-electron chi connectivity index (χ1n) is 4.92. The van der Waals surface area contributed by atoms with Crippen molar-refractivity contribution in [3.8, 4) is 0 Å². The van der Waals surface area contributed by atoms with Crippen LogP contribution in [0, 0.1) is 0 Å². The Labute approximate surface area is 91.9 Å². The summed E-state index contributed by atoms with van der Waals surface area (Å²) in [5.41, 5.74) is 0. The minimum absolute atomic E-state index is 0.0678. The highest BCUT2D eigenvalue weighted by Gasteiger charge is 2.44. The van der Waals surface area contributed by atoms with Gasteiger partial charge in [-0.3, -0.25) is 0 Å². The van der Waals surface area contributed by atoms with Gasteiger partial charge in [-0.15, -0.1) is 0 Å². The lowest BCUT2D eigenvalue weighted by Crippen LogP contribution is -2.59. The first-order valence-corrected chi connectivity index (χ1v) is 4.92. The Balaban J connectivity index is 2.79. The van der Waals surface area contributed by atoms with Crippen molar-refractivity contribution < 1.29 is 35.1 Å². The largest absolute Gasteiger partial charge is 0.544 e. The van der Waals surface area contributed by atoms with Crippen molar-refractivity contribution in [1.82, 2.24) is 0 Å². The monoisotopic (exact) mass is 235 g/mol. The zero-order valence-corrected chi connectivity index (χ0v) is 8.74. The molecule has 16 heavy (non-hydrogen) atoms. The fraction of sp³-hybridized carbons (Fsp3) is 0.889. The average Bonchev–Trinajstić information content (AvgIpc) is 2.14. The van der Waals surface area contributed by atoms with E-state index in [1.807, 2.05) is 0 Å². The highest BCUT2D eigenvalue weighted by Crippen LogP contribution is 2.29. The number of aliphatic carboxylic acids is 1. The lowest BCUT2D eigenvalue weighted by Gasteiger charge is -2.41. The second-order valence-electron chi connectivity index (χ2n) is 4.05. The van der Waals surface area contributed by atoms with Gasteiger partial charge in [-0.25, -0.2) is 0 Å². The van der Waals surface area contributed by atoms with Gasteiger partial charge in [-0.1, -0.05) is 0 Å². The standard InChI is InChI=1S/C9H16O7/c1-4(10)7(12)6-2-5(11)3-9(15,16-6)8(13)14/h4-7,10-12,15H,2-3H2,1H3,(H,13,14)/p-1. The second-order valence-corrected chi connectivity index (χ2v) is 4.05. The number of hydrogen-bond acceptors (Lipinski definition) is 7. The van der Waals surface area contributed by atoms with E-state index in [9.17, 15) is 25.2 Å². The van der Waals surface area contributed by atoms with Crippen molar-refractivity contribution in [2.45, 2.75) is 50.0 Å². The van der Waals surface area contributed by atoms with Crippen LogP contribution in [0.3, 0.4) is 0 Å². The molecule has 0 radical (unpaired) electrons. The van der Waals surface area contributed by atoms with Crippen LogP contribution in [0.15, 0.2) is 0 Å². The van der Waals surface area contributed by atoms with Crippen LogP contribution in [0.5, 0.6) is 0 Å². The Bertz CT molecular complexity index is 267. The molecule has 0 aliphatic carbocycles. The van der Waals surface area contributed by atoms with Crippen molar-refractivity contribution >= 4 is 5.97 Å². The number of aliphatic hydroxyl groups is 4. The van der Waals surface area contributed by atoms with Gasteiger partial charge in [-0.2, -0.15) is 0 Å². The Morgan fingerprint density at radius 3 is 2.56 bits per heavy atom. The van der Waals surface area contributed by atoms with Crippen LogP contribution in [-0.4, -0.2) is 56.6 Å². The van der Waals surface area contributed by atoms with Crippen molar-refractivity contribution in [2.24, 2.45) is 0 Å². The van der Waals surface area contributed by atoms with Gasteiger partial charge in [-0.05, 0) is 6.92 Å². The zero-order chi connectivity index (χ0) is 12.5. The average molecular weight is 235 g/mol. The molecule has 0 spiro atoms. The highest BCUT2D eigenvalue weighted by atomic mass is 16.7. The molecule has 1 saturated heterocycles. The molecular formula is C9H15O7-. The molecule has 0 amide bonds. The number of ether oxygens (including phenoxy) is 1. The van der Waals surface area contributed by atoms with E-state index in [4.69, 9.17) is 9.84 Å². The van der Waals surface area contributed by atoms with Crippen LogP contribution in [0.2, 0.25) is 0 Å². The molecule has 0 aromatic carbocycles. The maximum absolute atomic E-state index is 10.6. The lowest BCUT2D eigenvalue weighted by molar-refractivity contribution is -0.371. The molecule has 4 N–H and O–H groups in total. The van der Waals surface area contributed by atoms with E-state index in [0.29, 0.717) is 0 Å². The van der Waals surface area contributed by atoms with E-state index in [-0.39, 0.29) is 6.42 Å². The molecule has 5 unspecified atom stereocenters. The van der Waals surface area contributed by atoms with E-state index in [2.05, 4.69) is 0 Å². The predicted octanol–water partition coefficient (Wildman–Crippen LogP) is -3.29. The van der Waals surface area contributed by atoms with Crippen LogP contribution in [0.1, 0.15) is 19.8 Å². The van der Waals surface area contributed by atoms with Crippen molar-refractivity contribution in [1.29, 1.82) is 0 Å². The van der Waals surface area contributed by atoms with Crippen LogP contribution in [-0.2, 0) is 9.53 Å². The molecule has 1 aliphatic rings. The smallest absolute Gasteiger partial charge is 0.209 e. The number of carboxylic acid groups (broad SMARTS) is 1. The fourth-order valence-corrected chi connectivity index (χ4v) is 1.67. The summed E-state index contributed by atoms with van der Waals surface area (Å²) in [6, 6.07) is 0. The van der Waals surface area contributed by atoms with Gasteiger partial charge in [0.25, 0.3) is 0 Å². The highest BCUT2D eigenvalue weighted by molar-refractivity contribution is 5.73. The van der Waals surface area contributed by atoms with Gasteiger partial charge in [0.1, 0.15) is 12.1 Å². The fourth-order valence-electron chi connectivity index (χ4n) is 1.67. The van der Waals surface area contributed by atoms with Gasteiger partial charge in [0, 0.05) is 12.8 Å². The minimum atomic E-state index is -2.63. The van der Waals surface area contributed by atoms with Crippen LogP contribution in [0.25, 0.3) is 0 Å². The quantitative estimate of drug-likeness (QED) is 0.403. The van der Waals surface area contributed by atoms with Crippen molar-refractivity contribution in [3.63, 3.8) is 0 Å². The molecule has 1 aliphatic heterocycles. The number of hydrogen-bond donors (Lipinski definition) is 4. The van der Waals surface area contributed by atoms with Crippen LogP contribution < -0.4 is 5.11 Å². The van der Waals surface area contributed by atoms with Crippen LogP contribution in [0.4, 0.5) is 0 Å². The molecule has 1 heterocycles. The number of carboxylic acids is 1. The summed E-state index contributed by atoms with van der Waals surface area (Å²) in [5, 5.41) is 48.1. The van der Waals surface area contributed by atoms with Gasteiger partial charge in [0.15, 0.2) is 0 Å². The summed E-state index contributed by atoms with van der Waals surface area (Å²) < 4.78 is 4.75. The second kappa shape index (κ2) is 4.64. The number of rotatable bonds is 3. The summed E-state index contributed by atoms with van der Waals surface area (Å²) >= 11 is 0. The molecule has 7 nitrogen and oxygen atoms in total. The lowest BCUT2D eigenvalue weighted by atomic mass is 9.94. The SMILES string of the molecule is CC(O)C(O)C1CC(O)CC(O)(C(=O)[O-])O1. The molecule has 7 heteroatoms. The molecule has 0 bridgehead atoms. The molecular weight excluding hydrogens is 220 g/mol. The molecule has 0 aromatic rings. The van der Waals surface area contributed by atoms with E-state index in [1.165, 1.54) is 6.92 Å². The van der Waals surface area contributed by atoms with Gasteiger partial charge in [0.2, 0.25) is 5.79 Å². The van der Waals surface area contributed by atoms with Gasteiger partial charge >= 0.3 is 0 Å². The van der Waals surface area contributed by atoms with Crippen molar-refractivity contribution in [2.75, 3.05) is 0 Å². The summed E-state index contributed by atoms with van der Waals surface area (Å²) in [4.78, 5) is 10.6. The Morgan fingerprint density at radius 1 is 1.56 bits per heavy atom. The van der Waals surface area contributed by atoms with Gasteiger partial charge in [0.05, 0.1) is 18.3 Å². The van der Waals surface area contributed by atoms with E-state index < -0.39 is 42.6 Å². The minimum Gasteiger partial charge on any atom is -0.544 e.